The number of ether oxygens (including phenoxy) is 1. The molecule has 0 saturated heterocycles. The summed E-state index contributed by atoms with van der Waals surface area (Å²) in [7, 11) is 0. The molecule has 0 spiro atoms. The summed E-state index contributed by atoms with van der Waals surface area (Å²) in [5, 5.41) is 13.3. The van der Waals surface area contributed by atoms with Gasteiger partial charge < -0.3 is 9.94 Å². The molecule has 0 radical (unpaired) electrons. The lowest BCUT2D eigenvalue weighted by Crippen LogP contribution is -2.18. The highest BCUT2D eigenvalue weighted by Crippen LogP contribution is 2.33. The van der Waals surface area contributed by atoms with Crippen LogP contribution in [0.15, 0.2) is 48.0 Å². The highest BCUT2D eigenvalue weighted by molar-refractivity contribution is 7.18. The Labute approximate surface area is 136 Å². The molecule has 0 saturated carbocycles. The van der Waals surface area contributed by atoms with Crippen molar-refractivity contribution in [2.24, 2.45) is 5.16 Å². The average molecular weight is 324 g/mol. The van der Waals surface area contributed by atoms with E-state index in [4.69, 9.17) is 9.94 Å². The van der Waals surface area contributed by atoms with Crippen LogP contribution in [-0.4, -0.2) is 32.5 Å². The van der Waals surface area contributed by atoms with Gasteiger partial charge in [0.25, 0.3) is 0 Å². The molecule has 0 aromatic carbocycles. The van der Waals surface area contributed by atoms with E-state index in [1.54, 1.807) is 29.9 Å². The van der Waals surface area contributed by atoms with Crippen LogP contribution in [0.1, 0.15) is 12.1 Å². The second-order valence-corrected chi connectivity index (χ2v) is 5.99. The fourth-order valence-corrected chi connectivity index (χ4v) is 3.27. The Balaban J connectivity index is 1.73. The smallest absolute Gasteiger partial charge is 0.147 e. The molecule has 0 amide bonds. The second-order valence-electron chi connectivity index (χ2n) is 4.96. The predicted molar refractivity (Wildman–Crippen MR) is 87.0 cm³/mol. The molecule has 0 aliphatic carbocycles. The van der Waals surface area contributed by atoms with E-state index in [0.717, 1.165) is 21.1 Å². The van der Waals surface area contributed by atoms with E-state index in [9.17, 15) is 0 Å². The maximum atomic E-state index is 9.13. The predicted octanol–water partition coefficient (Wildman–Crippen LogP) is 3.23. The second kappa shape index (κ2) is 5.77. The van der Waals surface area contributed by atoms with Crippen molar-refractivity contribution in [1.82, 2.24) is 15.0 Å². The van der Waals surface area contributed by atoms with E-state index in [0.29, 0.717) is 30.2 Å². The largest absolute Gasteiger partial charge is 0.491 e. The molecular weight excluding hydrogens is 312 g/mol. The summed E-state index contributed by atoms with van der Waals surface area (Å²) >= 11 is 1.54. The normalized spacial score (nSPS) is 15.2. The van der Waals surface area contributed by atoms with Gasteiger partial charge in [-0.1, -0.05) is 5.16 Å². The first-order chi connectivity index (χ1) is 11.3. The minimum atomic E-state index is 0.499. The van der Waals surface area contributed by atoms with Crippen molar-refractivity contribution in [1.29, 1.82) is 0 Å². The number of aromatic nitrogens is 3. The minimum Gasteiger partial charge on any atom is -0.491 e. The Hall–Kier alpha value is -2.80. The molecule has 0 bridgehead atoms. The van der Waals surface area contributed by atoms with Gasteiger partial charge in [0.05, 0.1) is 17.2 Å². The van der Waals surface area contributed by atoms with Crippen molar-refractivity contribution in [2.45, 2.75) is 6.42 Å². The lowest BCUT2D eigenvalue weighted by Gasteiger charge is -2.17. The number of hydrogen-bond acceptors (Lipinski definition) is 7. The van der Waals surface area contributed by atoms with E-state index in [2.05, 4.69) is 20.1 Å². The number of thiazole rings is 1. The van der Waals surface area contributed by atoms with E-state index >= 15 is 0 Å². The molecular formula is C16H12N4O2S. The summed E-state index contributed by atoms with van der Waals surface area (Å²) < 4.78 is 5.55. The molecule has 1 aliphatic rings. The van der Waals surface area contributed by atoms with Crippen LogP contribution >= 0.6 is 11.3 Å². The maximum Gasteiger partial charge on any atom is 0.147 e. The fraction of sp³-hybridized carbons (Fsp3) is 0.125. The van der Waals surface area contributed by atoms with Crippen LogP contribution in [0, 0.1) is 0 Å². The van der Waals surface area contributed by atoms with Crippen molar-refractivity contribution >= 4 is 17.0 Å². The van der Waals surface area contributed by atoms with Gasteiger partial charge in [0.1, 0.15) is 22.2 Å². The quantitative estimate of drug-likeness (QED) is 0.578. The highest BCUT2D eigenvalue weighted by atomic mass is 32.1. The lowest BCUT2D eigenvalue weighted by atomic mass is 10.1. The van der Waals surface area contributed by atoms with Gasteiger partial charge in [-0.3, -0.25) is 4.98 Å². The number of fused-ring (bicyclic) bond motifs is 1. The van der Waals surface area contributed by atoms with Crippen molar-refractivity contribution in [2.75, 3.05) is 6.61 Å². The van der Waals surface area contributed by atoms with Crippen molar-refractivity contribution in [3.63, 3.8) is 0 Å². The minimum absolute atomic E-state index is 0.499. The summed E-state index contributed by atoms with van der Waals surface area (Å²) in [5.74, 6) is 0.643. The Morgan fingerprint density at radius 1 is 1.22 bits per heavy atom. The van der Waals surface area contributed by atoms with Crippen LogP contribution in [0.5, 0.6) is 5.75 Å². The first-order valence-corrected chi connectivity index (χ1v) is 7.88. The third kappa shape index (κ3) is 2.55. The van der Waals surface area contributed by atoms with Crippen LogP contribution in [0.25, 0.3) is 21.1 Å². The number of oxime groups is 1. The molecule has 7 heteroatoms. The van der Waals surface area contributed by atoms with Crippen molar-refractivity contribution in [3.05, 3.63) is 48.5 Å². The highest BCUT2D eigenvalue weighted by Gasteiger charge is 2.20. The number of pyridine rings is 2. The van der Waals surface area contributed by atoms with Crippen molar-refractivity contribution in [3.8, 4) is 26.9 Å². The summed E-state index contributed by atoms with van der Waals surface area (Å²) in [4.78, 5) is 14.1. The van der Waals surface area contributed by atoms with Gasteiger partial charge in [-0.05, 0) is 24.3 Å². The molecule has 1 aliphatic heterocycles. The van der Waals surface area contributed by atoms with Gasteiger partial charge >= 0.3 is 0 Å². The first kappa shape index (κ1) is 13.8. The average Bonchev–Trinajstić information content (AvgIpc) is 3.11. The molecule has 1 N–H and O–H groups in total. The zero-order valence-electron chi connectivity index (χ0n) is 12.0. The van der Waals surface area contributed by atoms with Crippen LogP contribution < -0.4 is 4.74 Å². The topological polar surface area (TPSA) is 80.5 Å². The monoisotopic (exact) mass is 324 g/mol. The molecule has 4 rings (SSSR count). The molecule has 3 aromatic heterocycles. The molecule has 114 valence electrons. The van der Waals surface area contributed by atoms with Gasteiger partial charge in [0.2, 0.25) is 0 Å². The first-order valence-electron chi connectivity index (χ1n) is 7.07. The molecule has 0 atom stereocenters. The maximum absolute atomic E-state index is 9.13. The number of hydrogen-bond donors (Lipinski definition) is 1. The standard InChI is InChI=1S/C16H12N4O2S/c21-20-12-5-7-22-13-4-3-11(19-15(12)13)14-9-18-16(23-14)10-2-1-6-17-8-10/h1-4,6,8-9,21H,5,7H2/b20-12+. The van der Waals surface area contributed by atoms with Gasteiger partial charge in [0.15, 0.2) is 0 Å². The van der Waals surface area contributed by atoms with E-state index in [-0.39, 0.29) is 0 Å². The third-order valence-corrected chi connectivity index (χ3v) is 4.58. The van der Waals surface area contributed by atoms with Gasteiger partial charge in [-0.25, -0.2) is 9.97 Å². The number of rotatable bonds is 2. The SMILES string of the molecule is O/N=C1\CCOc2ccc(-c3cnc(-c4cccnc4)s3)nc21. The summed E-state index contributed by atoms with van der Waals surface area (Å²) in [5.41, 5.74) is 2.89. The van der Waals surface area contributed by atoms with E-state index in [1.165, 1.54) is 0 Å². The van der Waals surface area contributed by atoms with Gasteiger partial charge in [0, 0.05) is 30.6 Å². The molecule has 4 heterocycles. The number of nitrogens with zero attached hydrogens (tertiary/aromatic N) is 4. The van der Waals surface area contributed by atoms with Crippen LogP contribution in [-0.2, 0) is 0 Å². The Morgan fingerprint density at radius 2 is 2.17 bits per heavy atom. The molecule has 6 nitrogen and oxygen atoms in total. The Morgan fingerprint density at radius 3 is 3.00 bits per heavy atom. The lowest BCUT2D eigenvalue weighted by molar-refractivity contribution is 0.296. The van der Waals surface area contributed by atoms with Crippen LogP contribution in [0.3, 0.4) is 0 Å². The zero-order chi connectivity index (χ0) is 15.6. The Bertz CT molecular complexity index is 877. The molecule has 3 aromatic rings. The Kier molecular flexibility index (Phi) is 3.47. The summed E-state index contributed by atoms with van der Waals surface area (Å²) in [6.07, 6.45) is 5.86. The molecule has 0 unspecified atom stereocenters. The van der Waals surface area contributed by atoms with Crippen LogP contribution in [0.4, 0.5) is 0 Å². The molecule has 23 heavy (non-hydrogen) atoms. The zero-order valence-corrected chi connectivity index (χ0v) is 12.8. The fourth-order valence-electron chi connectivity index (χ4n) is 2.40. The summed E-state index contributed by atoms with van der Waals surface area (Å²) in [6.45, 7) is 0.499. The van der Waals surface area contributed by atoms with E-state index < -0.39 is 0 Å². The van der Waals surface area contributed by atoms with Crippen LogP contribution in [0.2, 0.25) is 0 Å². The molecule has 0 fully saturated rings. The van der Waals surface area contributed by atoms with E-state index in [1.807, 2.05) is 24.3 Å². The van der Waals surface area contributed by atoms with Gasteiger partial charge in [-0.15, -0.1) is 11.3 Å². The van der Waals surface area contributed by atoms with Gasteiger partial charge in [-0.2, -0.15) is 0 Å². The van der Waals surface area contributed by atoms with Crippen molar-refractivity contribution < 1.29 is 9.94 Å². The third-order valence-electron chi connectivity index (χ3n) is 3.52. The summed E-state index contributed by atoms with van der Waals surface area (Å²) in [6, 6.07) is 7.60.